The molecule has 0 spiro atoms. The van der Waals surface area contributed by atoms with E-state index in [2.05, 4.69) is 17.1 Å². The van der Waals surface area contributed by atoms with Crippen LogP contribution in [0.15, 0.2) is 0 Å². The zero-order chi connectivity index (χ0) is 10.4. The highest BCUT2D eigenvalue weighted by Gasteiger charge is 2.22. The molecule has 1 heterocycles. The van der Waals surface area contributed by atoms with Gasteiger partial charge in [-0.3, -0.25) is 9.69 Å². The molecule has 3 N–H and O–H groups in total. The number of likely N-dealkylation sites (N-methyl/N-ethyl adjacent to an activating group) is 1. The summed E-state index contributed by atoms with van der Waals surface area (Å²) in [4.78, 5) is 13.6. The van der Waals surface area contributed by atoms with Crippen LogP contribution in [0, 0.1) is 0 Å². The Balaban J connectivity index is 2.20. The lowest BCUT2D eigenvalue weighted by Crippen LogP contribution is -2.40. The van der Waals surface area contributed by atoms with Crippen LogP contribution in [0.4, 0.5) is 0 Å². The molecule has 1 unspecified atom stereocenters. The van der Waals surface area contributed by atoms with Crippen molar-refractivity contribution in [3.63, 3.8) is 0 Å². The summed E-state index contributed by atoms with van der Waals surface area (Å²) in [5.41, 5.74) is 5.30. The van der Waals surface area contributed by atoms with Crippen molar-refractivity contribution >= 4 is 5.91 Å². The molecule has 1 amide bonds. The molecule has 82 valence electrons. The minimum absolute atomic E-state index is 0.0791. The van der Waals surface area contributed by atoms with Gasteiger partial charge in [0.1, 0.15) is 0 Å². The summed E-state index contributed by atoms with van der Waals surface area (Å²) in [6.45, 7) is 5.64. The van der Waals surface area contributed by atoms with Crippen LogP contribution in [0.1, 0.15) is 26.2 Å². The Labute approximate surface area is 85.8 Å². The van der Waals surface area contributed by atoms with E-state index in [4.69, 9.17) is 5.73 Å². The number of nitrogens with zero attached hydrogens (tertiary/aromatic N) is 1. The van der Waals surface area contributed by atoms with E-state index in [0.717, 1.165) is 13.1 Å². The predicted molar refractivity (Wildman–Crippen MR) is 57.0 cm³/mol. The molecule has 0 saturated carbocycles. The summed E-state index contributed by atoms with van der Waals surface area (Å²) in [6, 6.07) is 0.543. The van der Waals surface area contributed by atoms with Gasteiger partial charge in [0.2, 0.25) is 5.91 Å². The average Bonchev–Trinajstić information content (AvgIpc) is 2.62. The first-order chi connectivity index (χ1) is 6.77. The number of hydrogen-bond acceptors (Lipinski definition) is 3. The number of rotatable bonds is 5. The number of carbonyl (C=O) groups excluding carboxylic acids is 1. The first-order valence-electron chi connectivity index (χ1n) is 5.48. The molecule has 1 atom stereocenters. The van der Waals surface area contributed by atoms with E-state index in [1.807, 2.05) is 0 Å². The summed E-state index contributed by atoms with van der Waals surface area (Å²) in [7, 11) is 0. The second-order valence-electron chi connectivity index (χ2n) is 3.77. The highest BCUT2D eigenvalue weighted by molar-refractivity contribution is 5.76. The minimum Gasteiger partial charge on any atom is -0.354 e. The van der Waals surface area contributed by atoms with Gasteiger partial charge in [-0.2, -0.15) is 0 Å². The maximum absolute atomic E-state index is 11.2. The third-order valence-electron chi connectivity index (χ3n) is 2.81. The summed E-state index contributed by atoms with van der Waals surface area (Å²) in [5, 5.41) is 2.93. The van der Waals surface area contributed by atoms with Crippen LogP contribution in [-0.4, -0.2) is 43.0 Å². The maximum atomic E-state index is 11.2. The summed E-state index contributed by atoms with van der Waals surface area (Å²) in [6.07, 6.45) is 2.90. The Morgan fingerprint density at radius 2 is 2.43 bits per heavy atom. The summed E-state index contributed by atoms with van der Waals surface area (Å²) in [5.74, 6) is 0.0791. The molecule has 1 fully saturated rings. The van der Waals surface area contributed by atoms with Crippen LogP contribution in [0.2, 0.25) is 0 Å². The maximum Gasteiger partial charge on any atom is 0.221 e. The quantitative estimate of drug-likeness (QED) is 0.652. The van der Waals surface area contributed by atoms with Gasteiger partial charge in [-0.1, -0.05) is 6.92 Å². The molecular weight excluding hydrogens is 178 g/mol. The van der Waals surface area contributed by atoms with Gasteiger partial charge in [0.05, 0.1) is 0 Å². The number of amides is 1. The Hall–Kier alpha value is -0.610. The molecule has 1 aliphatic rings. The first kappa shape index (κ1) is 11.5. The Morgan fingerprint density at radius 1 is 1.64 bits per heavy atom. The van der Waals surface area contributed by atoms with Crippen LogP contribution >= 0.6 is 0 Å². The van der Waals surface area contributed by atoms with Crippen LogP contribution < -0.4 is 11.1 Å². The Bertz CT molecular complexity index is 184. The van der Waals surface area contributed by atoms with Gasteiger partial charge in [0.15, 0.2) is 0 Å². The zero-order valence-electron chi connectivity index (χ0n) is 8.96. The number of nitrogens with two attached hydrogens (primary N) is 1. The number of likely N-dealkylation sites (tertiary alicyclic amines) is 1. The molecule has 1 saturated heterocycles. The van der Waals surface area contributed by atoms with E-state index in [0.29, 0.717) is 19.0 Å². The van der Waals surface area contributed by atoms with Gasteiger partial charge < -0.3 is 11.1 Å². The molecule has 0 bridgehead atoms. The van der Waals surface area contributed by atoms with Crippen molar-refractivity contribution in [1.82, 2.24) is 10.2 Å². The monoisotopic (exact) mass is 199 g/mol. The topological polar surface area (TPSA) is 58.4 Å². The van der Waals surface area contributed by atoms with Crippen LogP contribution in [0.5, 0.6) is 0 Å². The number of carbonyl (C=O) groups is 1. The Morgan fingerprint density at radius 3 is 3.07 bits per heavy atom. The first-order valence-corrected chi connectivity index (χ1v) is 5.48. The van der Waals surface area contributed by atoms with E-state index in [1.54, 1.807) is 0 Å². The zero-order valence-corrected chi connectivity index (χ0v) is 8.96. The second kappa shape index (κ2) is 5.98. The SMILES string of the molecule is CCN1CCCC1CNC(=O)CCN. The lowest BCUT2D eigenvalue weighted by molar-refractivity contribution is -0.121. The van der Waals surface area contributed by atoms with Crippen molar-refractivity contribution in [3.8, 4) is 0 Å². The van der Waals surface area contributed by atoms with Crippen molar-refractivity contribution < 1.29 is 4.79 Å². The van der Waals surface area contributed by atoms with E-state index in [-0.39, 0.29) is 5.91 Å². The standard InChI is InChI=1S/C10H21N3O/c1-2-13-7-3-4-9(13)8-12-10(14)5-6-11/h9H,2-8,11H2,1H3,(H,12,14). The van der Waals surface area contributed by atoms with Crippen LogP contribution in [0.25, 0.3) is 0 Å². The van der Waals surface area contributed by atoms with E-state index < -0.39 is 0 Å². The lowest BCUT2D eigenvalue weighted by atomic mass is 10.2. The van der Waals surface area contributed by atoms with Gasteiger partial charge in [0, 0.05) is 25.6 Å². The fourth-order valence-electron chi connectivity index (χ4n) is 1.99. The van der Waals surface area contributed by atoms with Crippen molar-refractivity contribution in [2.45, 2.75) is 32.2 Å². The minimum atomic E-state index is 0.0791. The second-order valence-corrected chi connectivity index (χ2v) is 3.77. The largest absolute Gasteiger partial charge is 0.354 e. The van der Waals surface area contributed by atoms with Crippen molar-refractivity contribution in [2.75, 3.05) is 26.2 Å². The number of hydrogen-bond donors (Lipinski definition) is 2. The van der Waals surface area contributed by atoms with Gasteiger partial charge in [-0.15, -0.1) is 0 Å². The average molecular weight is 199 g/mol. The molecule has 4 nitrogen and oxygen atoms in total. The van der Waals surface area contributed by atoms with Crippen molar-refractivity contribution in [2.24, 2.45) is 5.73 Å². The van der Waals surface area contributed by atoms with E-state index in [9.17, 15) is 4.79 Å². The number of nitrogens with one attached hydrogen (secondary N) is 1. The molecule has 0 aromatic rings. The van der Waals surface area contributed by atoms with Gasteiger partial charge in [0.25, 0.3) is 0 Å². The summed E-state index contributed by atoms with van der Waals surface area (Å²) < 4.78 is 0. The highest BCUT2D eigenvalue weighted by atomic mass is 16.1. The molecule has 1 aliphatic heterocycles. The molecule has 14 heavy (non-hydrogen) atoms. The summed E-state index contributed by atoms with van der Waals surface area (Å²) >= 11 is 0. The molecule has 0 aromatic carbocycles. The van der Waals surface area contributed by atoms with Crippen molar-refractivity contribution in [3.05, 3.63) is 0 Å². The molecule has 0 aromatic heterocycles. The lowest BCUT2D eigenvalue weighted by Gasteiger charge is -2.22. The Kier molecular flexibility index (Phi) is 4.90. The fourth-order valence-corrected chi connectivity index (χ4v) is 1.99. The van der Waals surface area contributed by atoms with Gasteiger partial charge in [-0.05, 0) is 25.9 Å². The highest BCUT2D eigenvalue weighted by Crippen LogP contribution is 2.15. The van der Waals surface area contributed by atoms with Gasteiger partial charge in [-0.25, -0.2) is 0 Å². The fraction of sp³-hybridized carbons (Fsp3) is 0.900. The molecular formula is C10H21N3O. The van der Waals surface area contributed by atoms with Crippen LogP contribution in [-0.2, 0) is 4.79 Å². The predicted octanol–water partition coefficient (Wildman–Crippen LogP) is -0.0643. The van der Waals surface area contributed by atoms with Gasteiger partial charge >= 0.3 is 0 Å². The molecule has 1 rings (SSSR count). The molecule has 0 aliphatic carbocycles. The smallest absolute Gasteiger partial charge is 0.221 e. The van der Waals surface area contributed by atoms with Crippen molar-refractivity contribution in [1.29, 1.82) is 0 Å². The molecule has 0 radical (unpaired) electrons. The third-order valence-corrected chi connectivity index (χ3v) is 2.81. The van der Waals surface area contributed by atoms with Crippen LogP contribution in [0.3, 0.4) is 0 Å². The van der Waals surface area contributed by atoms with E-state index in [1.165, 1.54) is 19.4 Å². The normalized spacial score (nSPS) is 22.6. The van der Waals surface area contributed by atoms with E-state index >= 15 is 0 Å². The third kappa shape index (κ3) is 3.27. The molecule has 4 heteroatoms.